The van der Waals surface area contributed by atoms with Crippen molar-refractivity contribution in [2.75, 3.05) is 6.54 Å². The van der Waals surface area contributed by atoms with E-state index < -0.39 is 0 Å². The minimum atomic E-state index is 0. The average molecular weight is 229 g/mol. The predicted octanol–water partition coefficient (Wildman–Crippen LogP) is 2.46. The second-order valence-electron chi connectivity index (χ2n) is 3.90. The lowest BCUT2D eigenvalue weighted by Gasteiger charge is -2.14. The minimum absolute atomic E-state index is 0. The van der Waals surface area contributed by atoms with Gasteiger partial charge in [-0.05, 0) is 44.4 Å². The van der Waals surface area contributed by atoms with E-state index in [1.165, 1.54) is 16.7 Å². The molecule has 86 valence electrons. The van der Waals surface area contributed by atoms with E-state index in [0.717, 1.165) is 19.4 Å². The molecule has 1 rings (SSSR count). The fraction of sp³-hybridized carbons (Fsp3) is 0.500. The Balaban J connectivity index is 0.00000196. The third-order valence-corrected chi connectivity index (χ3v) is 2.55. The third kappa shape index (κ3) is 4.20. The van der Waals surface area contributed by atoms with Gasteiger partial charge in [-0.15, -0.1) is 12.4 Å². The van der Waals surface area contributed by atoms with Gasteiger partial charge in [0, 0.05) is 6.04 Å². The van der Waals surface area contributed by atoms with Crippen molar-refractivity contribution in [3.8, 4) is 0 Å². The van der Waals surface area contributed by atoms with E-state index in [1.54, 1.807) is 0 Å². The summed E-state index contributed by atoms with van der Waals surface area (Å²) in [6, 6.07) is 6.57. The molecule has 0 radical (unpaired) electrons. The predicted molar refractivity (Wildman–Crippen MR) is 68.4 cm³/mol. The summed E-state index contributed by atoms with van der Waals surface area (Å²) in [7, 11) is 0. The first-order valence-electron chi connectivity index (χ1n) is 5.18. The maximum absolute atomic E-state index is 6.10. The lowest BCUT2D eigenvalue weighted by molar-refractivity contribution is 0.615. The van der Waals surface area contributed by atoms with Crippen LogP contribution in [0.1, 0.15) is 35.6 Å². The van der Waals surface area contributed by atoms with E-state index in [1.807, 2.05) is 0 Å². The maximum atomic E-state index is 6.10. The number of benzene rings is 1. The topological polar surface area (TPSA) is 52.0 Å². The van der Waals surface area contributed by atoms with Gasteiger partial charge in [0.05, 0.1) is 0 Å². The van der Waals surface area contributed by atoms with Crippen molar-refractivity contribution in [3.05, 3.63) is 34.9 Å². The van der Waals surface area contributed by atoms with E-state index in [4.69, 9.17) is 11.5 Å². The second kappa shape index (κ2) is 6.83. The summed E-state index contributed by atoms with van der Waals surface area (Å²) >= 11 is 0. The van der Waals surface area contributed by atoms with Gasteiger partial charge in [0.15, 0.2) is 0 Å². The Hall–Kier alpha value is -0.570. The first kappa shape index (κ1) is 14.4. The Morgan fingerprint density at radius 2 is 1.93 bits per heavy atom. The molecule has 0 unspecified atom stereocenters. The Morgan fingerprint density at radius 3 is 2.53 bits per heavy atom. The number of aryl methyl sites for hydroxylation is 2. The Bertz CT molecular complexity index is 300. The lowest BCUT2D eigenvalue weighted by Crippen LogP contribution is -2.13. The van der Waals surface area contributed by atoms with E-state index in [-0.39, 0.29) is 18.4 Å². The van der Waals surface area contributed by atoms with Crippen molar-refractivity contribution in [1.82, 2.24) is 0 Å². The highest BCUT2D eigenvalue weighted by molar-refractivity contribution is 5.85. The summed E-state index contributed by atoms with van der Waals surface area (Å²) in [5, 5.41) is 0. The molecular formula is C12H21ClN2. The summed E-state index contributed by atoms with van der Waals surface area (Å²) in [6.45, 7) is 4.92. The molecule has 0 amide bonds. The van der Waals surface area contributed by atoms with Crippen LogP contribution >= 0.6 is 12.4 Å². The van der Waals surface area contributed by atoms with Crippen molar-refractivity contribution >= 4 is 12.4 Å². The van der Waals surface area contributed by atoms with Gasteiger partial charge < -0.3 is 11.5 Å². The van der Waals surface area contributed by atoms with Gasteiger partial charge in [-0.25, -0.2) is 0 Å². The van der Waals surface area contributed by atoms with E-state index in [2.05, 4.69) is 32.0 Å². The normalized spacial score (nSPS) is 12.0. The molecule has 4 N–H and O–H groups in total. The number of hydrogen-bond donors (Lipinski definition) is 2. The molecule has 0 aromatic heterocycles. The first-order chi connectivity index (χ1) is 6.65. The van der Waals surface area contributed by atoms with Gasteiger partial charge in [-0.1, -0.05) is 23.8 Å². The van der Waals surface area contributed by atoms with Crippen LogP contribution in [0.4, 0.5) is 0 Å². The number of rotatable bonds is 4. The molecule has 0 saturated heterocycles. The molecule has 0 fully saturated rings. The summed E-state index contributed by atoms with van der Waals surface area (Å²) in [4.78, 5) is 0. The van der Waals surface area contributed by atoms with Crippen LogP contribution in [0.3, 0.4) is 0 Å². The first-order valence-corrected chi connectivity index (χ1v) is 5.18. The molecular weight excluding hydrogens is 208 g/mol. The van der Waals surface area contributed by atoms with Crippen molar-refractivity contribution in [1.29, 1.82) is 0 Å². The third-order valence-electron chi connectivity index (χ3n) is 2.55. The Morgan fingerprint density at radius 1 is 1.27 bits per heavy atom. The van der Waals surface area contributed by atoms with Gasteiger partial charge in [0.25, 0.3) is 0 Å². The van der Waals surface area contributed by atoms with Crippen LogP contribution in [-0.2, 0) is 0 Å². The highest BCUT2D eigenvalue weighted by Gasteiger charge is 2.08. The molecule has 0 spiro atoms. The van der Waals surface area contributed by atoms with Gasteiger partial charge in [0.1, 0.15) is 0 Å². The number of hydrogen-bond acceptors (Lipinski definition) is 2. The number of nitrogens with two attached hydrogens (primary N) is 2. The average Bonchev–Trinajstić information content (AvgIpc) is 2.18. The molecule has 0 aliphatic rings. The van der Waals surface area contributed by atoms with Crippen molar-refractivity contribution < 1.29 is 0 Å². The van der Waals surface area contributed by atoms with Crippen LogP contribution < -0.4 is 11.5 Å². The highest BCUT2D eigenvalue weighted by atomic mass is 35.5. The molecule has 3 heteroatoms. The Labute approximate surface area is 98.5 Å². The molecule has 1 aromatic rings. The summed E-state index contributed by atoms with van der Waals surface area (Å²) in [5.41, 5.74) is 15.4. The van der Waals surface area contributed by atoms with Crippen LogP contribution in [0.15, 0.2) is 18.2 Å². The fourth-order valence-corrected chi connectivity index (χ4v) is 1.65. The fourth-order valence-electron chi connectivity index (χ4n) is 1.65. The van der Waals surface area contributed by atoms with Crippen LogP contribution in [0.2, 0.25) is 0 Å². The van der Waals surface area contributed by atoms with Crippen LogP contribution in [0, 0.1) is 13.8 Å². The molecule has 0 bridgehead atoms. The van der Waals surface area contributed by atoms with Gasteiger partial charge in [0.2, 0.25) is 0 Å². The van der Waals surface area contributed by atoms with E-state index >= 15 is 0 Å². The molecule has 0 saturated carbocycles. The van der Waals surface area contributed by atoms with E-state index in [0.29, 0.717) is 0 Å². The summed E-state index contributed by atoms with van der Waals surface area (Å²) < 4.78 is 0. The van der Waals surface area contributed by atoms with Crippen molar-refractivity contribution in [2.45, 2.75) is 32.7 Å². The summed E-state index contributed by atoms with van der Waals surface area (Å²) in [5.74, 6) is 0. The lowest BCUT2D eigenvalue weighted by atomic mass is 9.96. The maximum Gasteiger partial charge on any atom is 0.0298 e. The zero-order valence-electron chi connectivity index (χ0n) is 9.49. The highest BCUT2D eigenvalue weighted by Crippen LogP contribution is 2.20. The van der Waals surface area contributed by atoms with Gasteiger partial charge >= 0.3 is 0 Å². The molecule has 0 aliphatic carbocycles. The smallest absolute Gasteiger partial charge is 0.0298 e. The zero-order valence-corrected chi connectivity index (χ0v) is 10.3. The molecule has 1 atom stereocenters. The van der Waals surface area contributed by atoms with Crippen LogP contribution in [-0.4, -0.2) is 6.54 Å². The Kier molecular flexibility index (Phi) is 6.57. The van der Waals surface area contributed by atoms with Gasteiger partial charge in [-0.2, -0.15) is 0 Å². The van der Waals surface area contributed by atoms with E-state index in [9.17, 15) is 0 Å². The van der Waals surface area contributed by atoms with Crippen molar-refractivity contribution in [3.63, 3.8) is 0 Å². The van der Waals surface area contributed by atoms with Crippen LogP contribution in [0.25, 0.3) is 0 Å². The zero-order chi connectivity index (χ0) is 10.6. The monoisotopic (exact) mass is 228 g/mol. The largest absolute Gasteiger partial charge is 0.330 e. The summed E-state index contributed by atoms with van der Waals surface area (Å²) in [6.07, 6.45) is 1.97. The van der Waals surface area contributed by atoms with Crippen LogP contribution in [0.5, 0.6) is 0 Å². The standard InChI is InChI=1S/C12H20N2.ClH/c1-9-5-6-10(2)11(8-9)12(14)4-3-7-13;/h5-6,8,12H,3-4,7,13-14H2,1-2H3;1H/t12-;/m0./s1. The molecule has 2 nitrogen and oxygen atoms in total. The number of halogens is 1. The SMILES string of the molecule is Cc1ccc(C)c([C@@H](N)CCCN)c1.Cl. The minimum Gasteiger partial charge on any atom is -0.330 e. The quantitative estimate of drug-likeness (QED) is 0.832. The van der Waals surface area contributed by atoms with Gasteiger partial charge in [-0.3, -0.25) is 0 Å². The molecule has 0 heterocycles. The van der Waals surface area contributed by atoms with Crippen molar-refractivity contribution in [2.24, 2.45) is 11.5 Å². The molecule has 0 aliphatic heterocycles. The second-order valence-corrected chi connectivity index (χ2v) is 3.90. The molecule has 15 heavy (non-hydrogen) atoms. The molecule has 1 aromatic carbocycles.